The first-order chi connectivity index (χ1) is 15.0. The Morgan fingerprint density at radius 2 is 1.74 bits per heavy atom. The Balaban J connectivity index is 1.67. The second-order valence-electron chi connectivity index (χ2n) is 6.61. The summed E-state index contributed by atoms with van der Waals surface area (Å²) >= 11 is 0. The normalized spacial score (nSPS) is 10.7. The molecular formula is C22H21N5O4. The van der Waals surface area contributed by atoms with Crippen LogP contribution in [0.3, 0.4) is 0 Å². The second-order valence-corrected chi connectivity index (χ2v) is 6.61. The monoisotopic (exact) mass is 419 g/mol. The van der Waals surface area contributed by atoms with E-state index in [1.54, 1.807) is 24.4 Å². The Hall–Kier alpha value is -4.14. The second kappa shape index (κ2) is 8.31. The number of rotatable bonds is 6. The van der Waals surface area contributed by atoms with Gasteiger partial charge in [-0.05, 0) is 37.3 Å². The number of pyridine rings is 1. The van der Waals surface area contributed by atoms with E-state index in [0.29, 0.717) is 28.5 Å². The maximum atomic E-state index is 12.9. The molecule has 0 fully saturated rings. The van der Waals surface area contributed by atoms with Gasteiger partial charge in [0.25, 0.3) is 5.91 Å². The minimum absolute atomic E-state index is 0.168. The number of hydrogen-bond acceptors (Lipinski definition) is 7. The molecule has 0 aliphatic heterocycles. The van der Waals surface area contributed by atoms with Crippen molar-refractivity contribution >= 4 is 17.5 Å². The van der Waals surface area contributed by atoms with Crippen LogP contribution in [0.5, 0.6) is 17.2 Å². The molecule has 0 aliphatic rings. The summed E-state index contributed by atoms with van der Waals surface area (Å²) in [4.78, 5) is 26.1. The van der Waals surface area contributed by atoms with Crippen LogP contribution in [0.25, 0.3) is 17.0 Å². The average Bonchev–Trinajstić information content (AvgIpc) is 3.13. The third kappa shape index (κ3) is 3.73. The van der Waals surface area contributed by atoms with Gasteiger partial charge < -0.3 is 14.2 Å². The maximum absolute atomic E-state index is 12.9. The van der Waals surface area contributed by atoms with Crippen LogP contribution >= 0.6 is 0 Å². The van der Waals surface area contributed by atoms with E-state index in [4.69, 9.17) is 14.2 Å². The summed E-state index contributed by atoms with van der Waals surface area (Å²) in [7, 11) is 4.48. The van der Waals surface area contributed by atoms with E-state index >= 15 is 0 Å². The summed E-state index contributed by atoms with van der Waals surface area (Å²) in [5.41, 5.74) is 3.44. The zero-order valence-corrected chi connectivity index (χ0v) is 17.5. The molecule has 4 rings (SSSR count). The van der Waals surface area contributed by atoms with E-state index in [1.165, 1.54) is 21.3 Å². The molecule has 4 aromatic rings. The number of imidazole rings is 1. The molecule has 0 spiro atoms. The van der Waals surface area contributed by atoms with E-state index in [1.807, 2.05) is 35.7 Å². The zero-order chi connectivity index (χ0) is 22.0. The van der Waals surface area contributed by atoms with Crippen molar-refractivity contribution in [2.75, 3.05) is 26.6 Å². The molecule has 1 aromatic carbocycles. The molecule has 1 N–H and O–H groups in total. The fraction of sp³-hybridized carbons (Fsp3) is 0.182. The third-order valence-electron chi connectivity index (χ3n) is 4.75. The van der Waals surface area contributed by atoms with Crippen molar-refractivity contribution in [3.05, 3.63) is 60.0 Å². The Morgan fingerprint density at radius 3 is 2.42 bits per heavy atom. The number of ether oxygens (including phenoxy) is 3. The molecule has 158 valence electrons. The largest absolute Gasteiger partial charge is 0.493 e. The van der Waals surface area contributed by atoms with Crippen LogP contribution in [0.1, 0.15) is 16.1 Å². The fourth-order valence-corrected chi connectivity index (χ4v) is 3.36. The van der Waals surface area contributed by atoms with Gasteiger partial charge in [0.05, 0.1) is 38.4 Å². The predicted octanol–water partition coefficient (Wildman–Crippen LogP) is 3.38. The van der Waals surface area contributed by atoms with Gasteiger partial charge >= 0.3 is 0 Å². The van der Waals surface area contributed by atoms with E-state index < -0.39 is 5.91 Å². The summed E-state index contributed by atoms with van der Waals surface area (Å²) in [6, 6.07) is 10.7. The fourth-order valence-electron chi connectivity index (χ4n) is 3.36. The van der Waals surface area contributed by atoms with Crippen molar-refractivity contribution in [1.29, 1.82) is 0 Å². The molecule has 0 aliphatic carbocycles. The molecule has 3 heterocycles. The van der Waals surface area contributed by atoms with Crippen LogP contribution in [0.15, 0.2) is 48.8 Å². The minimum atomic E-state index is -0.411. The number of anilines is 1. The highest BCUT2D eigenvalue weighted by molar-refractivity contribution is 6.04. The first-order valence-corrected chi connectivity index (χ1v) is 9.44. The lowest BCUT2D eigenvalue weighted by Gasteiger charge is -2.14. The molecule has 0 atom stereocenters. The van der Waals surface area contributed by atoms with Gasteiger partial charge in [0, 0.05) is 18.0 Å². The molecule has 0 bridgehead atoms. The van der Waals surface area contributed by atoms with E-state index in [2.05, 4.69) is 20.3 Å². The van der Waals surface area contributed by atoms with Crippen LogP contribution in [-0.4, -0.2) is 46.6 Å². The van der Waals surface area contributed by atoms with Gasteiger partial charge in [0.15, 0.2) is 11.5 Å². The lowest BCUT2D eigenvalue weighted by atomic mass is 10.1. The molecule has 3 aromatic heterocycles. The van der Waals surface area contributed by atoms with Crippen molar-refractivity contribution in [1.82, 2.24) is 19.4 Å². The van der Waals surface area contributed by atoms with Crippen LogP contribution in [-0.2, 0) is 0 Å². The molecule has 0 radical (unpaired) electrons. The van der Waals surface area contributed by atoms with Crippen molar-refractivity contribution in [3.63, 3.8) is 0 Å². The number of methoxy groups -OCH3 is 3. The standard InChI is InChI=1S/C22H21N5O4/c1-13-19(27-10-6-5-7-18(27)24-13)15-8-9-23-22(25-15)26-21(28)14-11-16(29-2)20(31-4)17(12-14)30-3/h5-12H,1-4H3,(H,23,25,26,28). The Labute approximate surface area is 178 Å². The minimum Gasteiger partial charge on any atom is -0.493 e. The number of aryl methyl sites for hydroxylation is 1. The highest BCUT2D eigenvalue weighted by atomic mass is 16.5. The quantitative estimate of drug-likeness (QED) is 0.511. The Kier molecular flexibility index (Phi) is 5.40. The van der Waals surface area contributed by atoms with E-state index in [0.717, 1.165) is 17.0 Å². The van der Waals surface area contributed by atoms with E-state index in [9.17, 15) is 4.79 Å². The van der Waals surface area contributed by atoms with Gasteiger partial charge in [0.1, 0.15) is 5.65 Å². The van der Waals surface area contributed by atoms with Crippen LogP contribution < -0.4 is 19.5 Å². The smallest absolute Gasteiger partial charge is 0.258 e. The van der Waals surface area contributed by atoms with Gasteiger partial charge in [-0.15, -0.1) is 0 Å². The van der Waals surface area contributed by atoms with Gasteiger partial charge in [-0.25, -0.2) is 15.0 Å². The number of nitrogens with zero attached hydrogens (tertiary/aromatic N) is 4. The molecular weight excluding hydrogens is 398 g/mol. The third-order valence-corrected chi connectivity index (χ3v) is 4.75. The lowest BCUT2D eigenvalue weighted by Crippen LogP contribution is -2.15. The van der Waals surface area contributed by atoms with Crippen molar-refractivity contribution in [3.8, 4) is 28.6 Å². The summed E-state index contributed by atoms with van der Waals surface area (Å²) in [6.45, 7) is 1.92. The van der Waals surface area contributed by atoms with Crippen molar-refractivity contribution in [2.24, 2.45) is 0 Å². The van der Waals surface area contributed by atoms with Crippen LogP contribution in [0.4, 0.5) is 5.95 Å². The first-order valence-electron chi connectivity index (χ1n) is 9.44. The van der Waals surface area contributed by atoms with Gasteiger partial charge in [-0.3, -0.25) is 14.5 Å². The summed E-state index contributed by atoms with van der Waals surface area (Å²) in [5.74, 6) is 0.918. The number of benzene rings is 1. The Bertz CT molecular complexity index is 1240. The van der Waals surface area contributed by atoms with Crippen molar-refractivity contribution in [2.45, 2.75) is 6.92 Å². The number of aromatic nitrogens is 4. The molecule has 0 saturated heterocycles. The SMILES string of the molecule is COc1cc(C(=O)Nc2nccc(-c3c(C)nc4ccccn34)n2)cc(OC)c1OC. The number of hydrogen-bond donors (Lipinski definition) is 1. The maximum Gasteiger partial charge on any atom is 0.258 e. The van der Waals surface area contributed by atoms with Gasteiger partial charge in [-0.2, -0.15) is 0 Å². The lowest BCUT2D eigenvalue weighted by molar-refractivity contribution is 0.102. The molecule has 31 heavy (non-hydrogen) atoms. The topological polar surface area (TPSA) is 99.9 Å². The van der Waals surface area contributed by atoms with Gasteiger partial charge in [-0.1, -0.05) is 6.07 Å². The number of amides is 1. The highest BCUT2D eigenvalue weighted by Gasteiger charge is 2.18. The first kappa shape index (κ1) is 20.1. The molecule has 0 saturated carbocycles. The highest BCUT2D eigenvalue weighted by Crippen LogP contribution is 2.38. The van der Waals surface area contributed by atoms with Crippen LogP contribution in [0, 0.1) is 6.92 Å². The van der Waals surface area contributed by atoms with E-state index in [-0.39, 0.29) is 5.95 Å². The molecule has 9 heteroatoms. The molecule has 9 nitrogen and oxygen atoms in total. The van der Waals surface area contributed by atoms with Crippen molar-refractivity contribution < 1.29 is 19.0 Å². The number of carbonyl (C=O) groups excluding carboxylic acids is 1. The number of nitrogens with one attached hydrogen (secondary N) is 1. The summed E-state index contributed by atoms with van der Waals surface area (Å²) < 4.78 is 17.9. The summed E-state index contributed by atoms with van der Waals surface area (Å²) in [6.07, 6.45) is 3.51. The predicted molar refractivity (Wildman–Crippen MR) is 115 cm³/mol. The average molecular weight is 419 g/mol. The number of carbonyl (C=O) groups is 1. The zero-order valence-electron chi connectivity index (χ0n) is 17.5. The molecule has 1 amide bonds. The number of fused-ring (bicyclic) bond motifs is 1. The van der Waals surface area contributed by atoms with Crippen LogP contribution in [0.2, 0.25) is 0 Å². The Morgan fingerprint density at radius 1 is 1.00 bits per heavy atom. The summed E-state index contributed by atoms with van der Waals surface area (Å²) in [5, 5.41) is 2.73. The molecule has 0 unspecified atom stereocenters. The van der Waals surface area contributed by atoms with Gasteiger partial charge in [0.2, 0.25) is 11.7 Å².